The molecular weight excluding hydrogens is 450 g/mol. The molecule has 6 rings (SSSR count). The Morgan fingerprint density at radius 1 is 0.806 bits per heavy atom. The van der Waals surface area contributed by atoms with Gasteiger partial charge in [-0.25, -0.2) is 9.67 Å². The van der Waals surface area contributed by atoms with Crippen LogP contribution in [-0.2, 0) is 17.9 Å². The van der Waals surface area contributed by atoms with E-state index in [1.54, 1.807) is 4.68 Å². The van der Waals surface area contributed by atoms with Gasteiger partial charge in [0.05, 0.1) is 23.8 Å². The number of anilines is 1. The smallest absolute Gasteiger partial charge is 0.244 e. The van der Waals surface area contributed by atoms with Gasteiger partial charge < -0.3 is 14.4 Å². The molecule has 3 heterocycles. The number of fused-ring (bicyclic) bond motifs is 1. The number of para-hydroxylation sites is 3. The van der Waals surface area contributed by atoms with Crippen molar-refractivity contribution in [3.8, 4) is 11.4 Å². The second kappa shape index (κ2) is 9.65. The molecular formula is C28H27N7O. The molecule has 0 bridgehead atoms. The van der Waals surface area contributed by atoms with E-state index in [0.29, 0.717) is 19.6 Å². The Morgan fingerprint density at radius 3 is 2.28 bits per heavy atom. The van der Waals surface area contributed by atoms with E-state index in [0.717, 1.165) is 41.2 Å². The summed E-state index contributed by atoms with van der Waals surface area (Å²) in [6.07, 6.45) is 1.86. The lowest BCUT2D eigenvalue weighted by atomic mass is 10.2. The van der Waals surface area contributed by atoms with Gasteiger partial charge in [-0.2, -0.15) is 0 Å². The summed E-state index contributed by atoms with van der Waals surface area (Å²) in [4.78, 5) is 22.1. The minimum Gasteiger partial charge on any atom is -0.368 e. The van der Waals surface area contributed by atoms with Crippen LogP contribution in [-0.4, -0.2) is 61.5 Å². The lowest BCUT2D eigenvalue weighted by Crippen LogP contribution is -2.49. The van der Waals surface area contributed by atoms with Crippen molar-refractivity contribution in [1.82, 2.24) is 29.4 Å². The summed E-state index contributed by atoms with van der Waals surface area (Å²) < 4.78 is 3.80. The number of piperazine rings is 1. The van der Waals surface area contributed by atoms with E-state index < -0.39 is 0 Å². The van der Waals surface area contributed by atoms with Crippen molar-refractivity contribution < 1.29 is 4.79 Å². The summed E-state index contributed by atoms with van der Waals surface area (Å²) in [5.41, 5.74) is 5.02. The first-order valence-corrected chi connectivity index (χ1v) is 12.2. The van der Waals surface area contributed by atoms with Gasteiger partial charge in [0.15, 0.2) is 0 Å². The Bertz CT molecular complexity index is 1470. The second-order valence-electron chi connectivity index (χ2n) is 8.99. The average molecular weight is 478 g/mol. The molecule has 1 aliphatic rings. The summed E-state index contributed by atoms with van der Waals surface area (Å²) in [7, 11) is 0. The number of carbonyl (C=O) groups is 1. The van der Waals surface area contributed by atoms with Crippen LogP contribution in [0.25, 0.3) is 22.4 Å². The molecule has 0 unspecified atom stereocenters. The van der Waals surface area contributed by atoms with Crippen LogP contribution in [0.1, 0.15) is 5.69 Å². The van der Waals surface area contributed by atoms with Crippen LogP contribution in [0, 0.1) is 0 Å². The van der Waals surface area contributed by atoms with Crippen LogP contribution in [0.15, 0.2) is 91.1 Å². The zero-order valence-electron chi connectivity index (χ0n) is 19.9. The van der Waals surface area contributed by atoms with Crippen LogP contribution in [0.5, 0.6) is 0 Å². The van der Waals surface area contributed by atoms with Crippen LogP contribution in [0.3, 0.4) is 0 Å². The number of carbonyl (C=O) groups excluding carboxylic acids is 1. The van der Waals surface area contributed by atoms with Crippen molar-refractivity contribution in [1.29, 1.82) is 0 Å². The molecule has 8 heteroatoms. The molecule has 3 aromatic carbocycles. The van der Waals surface area contributed by atoms with Gasteiger partial charge in [-0.15, -0.1) is 5.10 Å². The van der Waals surface area contributed by atoms with Gasteiger partial charge in [0.2, 0.25) is 5.91 Å². The van der Waals surface area contributed by atoms with E-state index in [2.05, 4.69) is 50.1 Å². The van der Waals surface area contributed by atoms with Crippen molar-refractivity contribution in [2.75, 3.05) is 31.1 Å². The number of amides is 1. The molecule has 5 aromatic rings. The number of aromatic nitrogens is 5. The van der Waals surface area contributed by atoms with Crippen molar-refractivity contribution in [3.63, 3.8) is 0 Å². The molecule has 1 amide bonds. The topological polar surface area (TPSA) is 72.1 Å². The van der Waals surface area contributed by atoms with Crippen molar-refractivity contribution in [3.05, 3.63) is 96.8 Å². The maximum absolute atomic E-state index is 13.0. The molecule has 1 saturated heterocycles. The highest BCUT2D eigenvalue weighted by molar-refractivity contribution is 5.80. The Labute approximate surface area is 209 Å². The largest absolute Gasteiger partial charge is 0.368 e. The van der Waals surface area contributed by atoms with Crippen LogP contribution < -0.4 is 4.90 Å². The lowest BCUT2D eigenvalue weighted by Gasteiger charge is -2.36. The molecule has 0 N–H and O–H groups in total. The van der Waals surface area contributed by atoms with Gasteiger partial charge in [-0.05, 0) is 24.3 Å². The third-order valence-corrected chi connectivity index (χ3v) is 6.64. The van der Waals surface area contributed by atoms with E-state index in [1.165, 1.54) is 5.69 Å². The second-order valence-corrected chi connectivity index (χ2v) is 8.99. The third kappa shape index (κ3) is 4.45. The lowest BCUT2D eigenvalue weighted by molar-refractivity contribution is -0.132. The predicted molar refractivity (Wildman–Crippen MR) is 140 cm³/mol. The zero-order chi connectivity index (χ0) is 24.3. The molecule has 36 heavy (non-hydrogen) atoms. The molecule has 0 aliphatic carbocycles. The van der Waals surface area contributed by atoms with E-state index in [4.69, 9.17) is 4.98 Å². The number of hydrogen-bond acceptors (Lipinski definition) is 5. The fourth-order valence-corrected chi connectivity index (χ4v) is 4.78. The van der Waals surface area contributed by atoms with E-state index in [1.807, 2.05) is 65.7 Å². The number of hydrogen-bond donors (Lipinski definition) is 0. The van der Waals surface area contributed by atoms with Crippen molar-refractivity contribution in [2.45, 2.75) is 13.1 Å². The monoisotopic (exact) mass is 477 g/mol. The fourth-order valence-electron chi connectivity index (χ4n) is 4.78. The van der Waals surface area contributed by atoms with Gasteiger partial charge in [0.25, 0.3) is 0 Å². The summed E-state index contributed by atoms with van der Waals surface area (Å²) in [6, 6.07) is 28.6. The maximum atomic E-state index is 13.0. The Morgan fingerprint density at radius 2 is 1.50 bits per heavy atom. The van der Waals surface area contributed by atoms with Crippen molar-refractivity contribution in [2.24, 2.45) is 0 Å². The number of imidazole rings is 1. The van der Waals surface area contributed by atoms with Crippen LogP contribution >= 0.6 is 0 Å². The van der Waals surface area contributed by atoms with Gasteiger partial charge >= 0.3 is 0 Å². The molecule has 180 valence electrons. The summed E-state index contributed by atoms with van der Waals surface area (Å²) in [6.45, 7) is 3.78. The highest BCUT2D eigenvalue weighted by atomic mass is 16.2. The van der Waals surface area contributed by atoms with Crippen molar-refractivity contribution >= 4 is 22.6 Å². The fraction of sp³-hybridized carbons (Fsp3) is 0.214. The normalized spacial score (nSPS) is 13.9. The maximum Gasteiger partial charge on any atom is 0.244 e. The SMILES string of the molecule is O=C(Cn1cc(Cn2c(-c3ccccc3)nc3ccccc32)nn1)N1CCN(c2ccccc2)CC1. The Kier molecular flexibility index (Phi) is 5.91. The molecule has 0 spiro atoms. The molecule has 0 atom stereocenters. The molecule has 2 aromatic heterocycles. The molecule has 1 aliphatic heterocycles. The standard InChI is InChI=1S/C28H27N7O/c36-27(33-17-15-32(16-18-33)24-11-5-2-6-12-24)21-34-19-23(30-31-34)20-35-26-14-8-7-13-25(26)29-28(35)22-9-3-1-4-10-22/h1-14,19H,15-18,20-21H2. The highest BCUT2D eigenvalue weighted by Crippen LogP contribution is 2.25. The summed E-state index contributed by atoms with van der Waals surface area (Å²) >= 11 is 0. The predicted octanol–water partition coefficient (Wildman–Crippen LogP) is 3.69. The number of benzene rings is 3. The van der Waals surface area contributed by atoms with Gasteiger partial charge in [-0.3, -0.25) is 4.79 Å². The van der Waals surface area contributed by atoms with E-state index >= 15 is 0 Å². The molecule has 0 radical (unpaired) electrons. The van der Waals surface area contributed by atoms with E-state index in [9.17, 15) is 4.79 Å². The zero-order valence-corrected chi connectivity index (χ0v) is 19.9. The first kappa shape index (κ1) is 22.0. The average Bonchev–Trinajstić information content (AvgIpc) is 3.54. The molecule has 8 nitrogen and oxygen atoms in total. The van der Waals surface area contributed by atoms with Crippen LogP contribution in [0.4, 0.5) is 5.69 Å². The van der Waals surface area contributed by atoms with E-state index in [-0.39, 0.29) is 12.5 Å². The van der Waals surface area contributed by atoms with Gasteiger partial charge in [0, 0.05) is 37.4 Å². The molecule has 1 fully saturated rings. The highest BCUT2D eigenvalue weighted by Gasteiger charge is 2.22. The van der Waals surface area contributed by atoms with Gasteiger partial charge in [0.1, 0.15) is 18.1 Å². The minimum atomic E-state index is 0.0669. The summed E-state index contributed by atoms with van der Waals surface area (Å²) in [5, 5.41) is 8.62. The Hall–Kier alpha value is -4.46. The van der Waals surface area contributed by atoms with Gasteiger partial charge in [-0.1, -0.05) is 65.9 Å². The number of nitrogens with zero attached hydrogens (tertiary/aromatic N) is 7. The van der Waals surface area contributed by atoms with Crippen LogP contribution in [0.2, 0.25) is 0 Å². The molecule has 0 saturated carbocycles. The minimum absolute atomic E-state index is 0.0669. The first-order valence-electron chi connectivity index (χ1n) is 12.2. The Balaban J connectivity index is 1.14. The summed E-state index contributed by atoms with van der Waals surface area (Å²) in [5.74, 6) is 0.955. The number of rotatable bonds is 6. The third-order valence-electron chi connectivity index (χ3n) is 6.64. The first-order chi connectivity index (χ1) is 17.7. The quantitative estimate of drug-likeness (QED) is 0.373.